The number of nitrogens with one attached hydrogen (secondary N) is 1. The zero-order valence-corrected chi connectivity index (χ0v) is 18.1. The average molecular weight is 423 g/mol. The highest BCUT2D eigenvalue weighted by atomic mass is 16.5. The van der Waals surface area contributed by atoms with Crippen LogP contribution in [0, 0.1) is 6.92 Å². The molecule has 2 aromatic heterocycles. The number of aryl methyl sites for hydroxylation is 1. The molecule has 0 spiro atoms. The number of hydrogen-bond donors (Lipinski definition) is 1. The van der Waals surface area contributed by atoms with Crippen LogP contribution >= 0.6 is 0 Å². The van der Waals surface area contributed by atoms with Crippen molar-refractivity contribution in [3.05, 3.63) is 51.6 Å². The molecule has 3 aromatic rings. The quantitative estimate of drug-likeness (QED) is 0.629. The highest BCUT2D eigenvalue weighted by molar-refractivity contribution is 5.79. The number of nitrogens with zero attached hydrogens (tertiary/aromatic N) is 5. The van der Waals surface area contributed by atoms with E-state index >= 15 is 0 Å². The van der Waals surface area contributed by atoms with E-state index in [4.69, 9.17) is 4.74 Å². The molecule has 2 fully saturated rings. The number of fused-ring (bicyclic) bond motifs is 1. The Balaban J connectivity index is 1.41. The fourth-order valence-corrected chi connectivity index (χ4v) is 4.94. The van der Waals surface area contributed by atoms with E-state index in [9.17, 15) is 4.79 Å². The number of hydrogen-bond acceptors (Lipinski definition) is 6. The molecule has 31 heavy (non-hydrogen) atoms. The third-order valence-corrected chi connectivity index (χ3v) is 6.55. The van der Waals surface area contributed by atoms with E-state index in [2.05, 4.69) is 38.4 Å². The molecule has 1 aromatic carbocycles. The summed E-state index contributed by atoms with van der Waals surface area (Å²) in [4.78, 5) is 18.1. The molecule has 1 aliphatic heterocycles. The number of pyridine rings is 1. The van der Waals surface area contributed by atoms with Gasteiger partial charge in [0.05, 0.1) is 18.7 Å². The highest BCUT2D eigenvalue weighted by Crippen LogP contribution is 2.29. The summed E-state index contributed by atoms with van der Waals surface area (Å²) in [7, 11) is 0. The number of benzene rings is 1. The number of ether oxygens (including phenoxy) is 1. The van der Waals surface area contributed by atoms with E-state index in [0.717, 1.165) is 61.1 Å². The van der Waals surface area contributed by atoms with Crippen LogP contribution in [0.5, 0.6) is 0 Å². The highest BCUT2D eigenvalue weighted by Gasteiger charge is 2.25. The molecule has 164 valence electrons. The predicted molar refractivity (Wildman–Crippen MR) is 118 cm³/mol. The van der Waals surface area contributed by atoms with E-state index < -0.39 is 0 Å². The standard InChI is InChI=1S/C23H30N6O2/c1-16-8-9-21-17(11-16)12-18(23(30)24-21)13-28(14-20-7-4-10-31-20)15-22-25-26-27-29(22)19-5-2-3-6-19/h8-9,11-12,19-20H,2-7,10,13-15H2,1H3,(H,24,30)/t20-/m1/s1. The average Bonchev–Trinajstić information content (AvgIpc) is 3.51. The lowest BCUT2D eigenvalue weighted by atomic mass is 10.1. The van der Waals surface area contributed by atoms with Gasteiger partial charge in [-0.3, -0.25) is 9.69 Å². The van der Waals surface area contributed by atoms with Crippen LogP contribution in [-0.4, -0.2) is 49.3 Å². The van der Waals surface area contributed by atoms with E-state index in [-0.39, 0.29) is 11.7 Å². The zero-order valence-electron chi connectivity index (χ0n) is 18.1. The SMILES string of the molecule is Cc1ccc2[nH]c(=O)c(CN(Cc3nnnn3C3CCCC3)C[C@H]3CCCO3)cc2c1. The summed E-state index contributed by atoms with van der Waals surface area (Å²) in [5.74, 6) is 0.873. The number of aromatic nitrogens is 5. The summed E-state index contributed by atoms with van der Waals surface area (Å²) >= 11 is 0. The van der Waals surface area contributed by atoms with Crippen LogP contribution in [0.3, 0.4) is 0 Å². The Morgan fingerprint density at radius 3 is 2.84 bits per heavy atom. The smallest absolute Gasteiger partial charge is 0.252 e. The lowest BCUT2D eigenvalue weighted by molar-refractivity contribution is 0.0661. The van der Waals surface area contributed by atoms with Crippen molar-refractivity contribution in [3.8, 4) is 0 Å². The van der Waals surface area contributed by atoms with Gasteiger partial charge in [0.2, 0.25) is 0 Å². The summed E-state index contributed by atoms with van der Waals surface area (Å²) in [5.41, 5.74) is 2.77. The molecule has 1 atom stereocenters. The maximum atomic E-state index is 12.8. The first-order chi connectivity index (χ1) is 15.2. The molecular formula is C23H30N6O2. The minimum atomic E-state index is -0.0379. The molecule has 1 saturated carbocycles. The summed E-state index contributed by atoms with van der Waals surface area (Å²) in [6.07, 6.45) is 7.06. The molecule has 0 unspecified atom stereocenters. The van der Waals surface area contributed by atoms with Gasteiger partial charge in [-0.25, -0.2) is 4.68 Å². The lowest BCUT2D eigenvalue weighted by Crippen LogP contribution is -2.34. The van der Waals surface area contributed by atoms with Crippen LogP contribution in [0.1, 0.15) is 61.5 Å². The van der Waals surface area contributed by atoms with Gasteiger partial charge in [0, 0.05) is 30.8 Å². The van der Waals surface area contributed by atoms with Gasteiger partial charge in [0.25, 0.3) is 5.56 Å². The second-order valence-electron chi connectivity index (χ2n) is 9.00. The fraction of sp³-hybridized carbons (Fsp3) is 0.565. The first-order valence-electron chi connectivity index (χ1n) is 11.4. The van der Waals surface area contributed by atoms with Crippen molar-refractivity contribution in [2.45, 2.75) is 70.7 Å². The monoisotopic (exact) mass is 422 g/mol. The van der Waals surface area contributed by atoms with Crippen LogP contribution in [0.15, 0.2) is 29.1 Å². The molecule has 1 N–H and O–H groups in total. The second kappa shape index (κ2) is 8.88. The molecule has 2 aliphatic rings. The Hall–Kier alpha value is -2.58. The molecule has 3 heterocycles. The molecule has 8 nitrogen and oxygen atoms in total. The maximum absolute atomic E-state index is 12.8. The van der Waals surface area contributed by atoms with Gasteiger partial charge in [0.1, 0.15) is 0 Å². The summed E-state index contributed by atoms with van der Waals surface area (Å²) in [6.45, 7) is 4.79. The molecule has 1 aliphatic carbocycles. The first-order valence-corrected chi connectivity index (χ1v) is 11.4. The summed E-state index contributed by atoms with van der Waals surface area (Å²) < 4.78 is 7.90. The maximum Gasteiger partial charge on any atom is 0.252 e. The van der Waals surface area contributed by atoms with Crippen LogP contribution in [0.4, 0.5) is 0 Å². The Labute approximate surface area is 181 Å². The van der Waals surface area contributed by atoms with Crippen molar-refractivity contribution in [2.75, 3.05) is 13.2 Å². The van der Waals surface area contributed by atoms with Crippen LogP contribution in [-0.2, 0) is 17.8 Å². The van der Waals surface area contributed by atoms with Crippen LogP contribution < -0.4 is 5.56 Å². The van der Waals surface area contributed by atoms with Crippen molar-refractivity contribution in [1.29, 1.82) is 0 Å². The predicted octanol–water partition coefficient (Wildman–Crippen LogP) is 3.12. The number of aromatic amines is 1. The van der Waals surface area contributed by atoms with E-state index in [1.165, 1.54) is 18.4 Å². The van der Waals surface area contributed by atoms with Crippen molar-refractivity contribution in [3.63, 3.8) is 0 Å². The van der Waals surface area contributed by atoms with Gasteiger partial charge in [-0.05, 0) is 66.6 Å². The van der Waals surface area contributed by atoms with Crippen molar-refractivity contribution in [1.82, 2.24) is 30.1 Å². The van der Waals surface area contributed by atoms with Crippen LogP contribution in [0.2, 0.25) is 0 Å². The molecule has 0 radical (unpaired) electrons. The van der Waals surface area contributed by atoms with Gasteiger partial charge in [-0.15, -0.1) is 5.10 Å². The van der Waals surface area contributed by atoms with Crippen LogP contribution in [0.25, 0.3) is 10.9 Å². The van der Waals surface area contributed by atoms with Crippen molar-refractivity contribution >= 4 is 10.9 Å². The Morgan fingerprint density at radius 2 is 2.03 bits per heavy atom. The van der Waals surface area contributed by atoms with Crippen molar-refractivity contribution in [2.24, 2.45) is 0 Å². The number of H-pyrrole nitrogens is 1. The normalized spacial score (nSPS) is 19.7. The number of rotatable bonds is 7. The van der Waals surface area contributed by atoms with Crippen molar-refractivity contribution < 1.29 is 4.74 Å². The Kier molecular flexibility index (Phi) is 5.82. The molecule has 1 saturated heterocycles. The third-order valence-electron chi connectivity index (χ3n) is 6.55. The Bertz CT molecular complexity index is 1090. The van der Waals surface area contributed by atoms with Gasteiger partial charge >= 0.3 is 0 Å². The molecule has 5 rings (SSSR count). The second-order valence-corrected chi connectivity index (χ2v) is 9.00. The van der Waals surface area contributed by atoms with Gasteiger partial charge in [-0.2, -0.15) is 0 Å². The largest absolute Gasteiger partial charge is 0.377 e. The first kappa shape index (κ1) is 20.3. The van der Waals surface area contributed by atoms with E-state index in [0.29, 0.717) is 19.1 Å². The van der Waals surface area contributed by atoms with Gasteiger partial charge in [-0.1, -0.05) is 24.5 Å². The molecule has 8 heteroatoms. The summed E-state index contributed by atoms with van der Waals surface area (Å²) in [5, 5.41) is 13.6. The summed E-state index contributed by atoms with van der Waals surface area (Å²) in [6, 6.07) is 8.51. The zero-order chi connectivity index (χ0) is 21.2. The lowest BCUT2D eigenvalue weighted by Gasteiger charge is -2.25. The minimum Gasteiger partial charge on any atom is -0.377 e. The Morgan fingerprint density at radius 1 is 1.16 bits per heavy atom. The third kappa shape index (κ3) is 4.55. The fourth-order valence-electron chi connectivity index (χ4n) is 4.94. The number of tetrazole rings is 1. The minimum absolute atomic E-state index is 0.0379. The molecular weight excluding hydrogens is 392 g/mol. The van der Waals surface area contributed by atoms with E-state index in [1.807, 2.05) is 22.9 Å². The van der Waals surface area contributed by atoms with Gasteiger partial charge in [0.15, 0.2) is 5.82 Å². The van der Waals surface area contributed by atoms with Gasteiger partial charge < -0.3 is 9.72 Å². The molecule has 0 amide bonds. The van der Waals surface area contributed by atoms with E-state index in [1.54, 1.807) is 0 Å². The molecule has 0 bridgehead atoms. The topological polar surface area (TPSA) is 88.9 Å².